The van der Waals surface area contributed by atoms with Crippen molar-refractivity contribution < 1.29 is 4.21 Å². The molecule has 17 heavy (non-hydrogen) atoms. The quantitative estimate of drug-likeness (QED) is 0.821. The predicted octanol–water partition coefficient (Wildman–Crippen LogP) is 2.37. The van der Waals surface area contributed by atoms with Gasteiger partial charge in [-0.3, -0.25) is 0 Å². The third-order valence-electron chi connectivity index (χ3n) is 2.55. The summed E-state index contributed by atoms with van der Waals surface area (Å²) in [6.07, 6.45) is 0. The van der Waals surface area contributed by atoms with E-state index in [0.29, 0.717) is 25.3 Å². The molecule has 0 saturated heterocycles. The van der Waals surface area contributed by atoms with Gasteiger partial charge in [-0.1, -0.05) is 13.8 Å². The van der Waals surface area contributed by atoms with Crippen molar-refractivity contribution in [2.24, 2.45) is 4.36 Å². The third-order valence-corrected chi connectivity index (χ3v) is 5.26. The molecule has 2 N–H and O–H groups in total. The van der Waals surface area contributed by atoms with E-state index in [1.165, 1.54) is 0 Å². The van der Waals surface area contributed by atoms with E-state index in [9.17, 15) is 4.21 Å². The zero-order valence-corrected chi connectivity index (χ0v) is 11.5. The average Bonchev–Trinajstić information content (AvgIpc) is 2.31. The zero-order valence-electron chi connectivity index (χ0n) is 10.7. The minimum Gasteiger partial charge on any atom is -0.399 e. The molecule has 1 rings (SSSR count). The fourth-order valence-corrected chi connectivity index (χ4v) is 3.85. The van der Waals surface area contributed by atoms with Crippen LogP contribution in [0.15, 0.2) is 33.5 Å². The maximum absolute atomic E-state index is 13.0. The van der Waals surface area contributed by atoms with Crippen LogP contribution in [0.3, 0.4) is 0 Å². The van der Waals surface area contributed by atoms with Crippen molar-refractivity contribution in [1.29, 1.82) is 0 Å². The first-order chi connectivity index (χ1) is 8.08. The maximum Gasteiger partial charge on any atom is 0.139 e. The second-order valence-corrected chi connectivity index (χ2v) is 5.86. The minimum absolute atomic E-state index is 0.541. The van der Waals surface area contributed by atoms with Gasteiger partial charge in [0, 0.05) is 25.3 Å². The van der Waals surface area contributed by atoms with Crippen LogP contribution in [0.1, 0.15) is 20.8 Å². The molecule has 0 fully saturated rings. The van der Waals surface area contributed by atoms with Gasteiger partial charge in [0.15, 0.2) is 0 Å². The second kappa shape index (κ2) is 6.02. The Kier molecular flexibility index (Phi) is 4.96. The average molecular weight is 255 g/mol. The Morgan fingerprint density at radius 2 is 1.71 bits per heavy atom. The van der Waals surface area contributed by atoms with Crippen molar-refractivity contribution >= 4 is 15.6 Å². The van der Waals surface area contributed by atoms with Crippen molar-refractivity contribution in [1.82, 2.24) is 4.31 Å². The van der Waals surface area contributed by atoms with E-state index in [0.717, 1.165) is 4.90 Å². The van der Waals surface area contributed by atoms with Crippen LogP contribution >= 0.6 is 0 Å². The molecule has 0 amide bonds. The van der Waals surface area contributed by atoms with Crippen molar-refractivity contribution in [2.75, 3.05) is 25.4 Å². The summed E-state index contributed by atoms with van der Waals surface area (Å²) in [4.78, 5) is 0.734. The van der Waals surface area contributed by atoms with Gasteiger partial charge in [-0.15, -0.1) is 0 Å². The number of hydrogen-bond donors (Lipinski definition) is 1. The molecular formula is C12H21N3OS. The Labute approximate surface area is 104 Å². The largest absolute Gasteiger partial charge is 0.399 e. The van der Waals surface area contributed by atoms with Gasteiger partial charge in [-0.2, -0.15) is 0 Å². The van der Waals surface area contributed by atoms with Crippen molar-refractivity contribution in [3.63, 3.8) is 0 Å². The summed E-state index contributed by atoms with van der Waals surface area (Å²) in [6, 6.07) is 7.14. The summed E-state index contributed by atoms with van der Waals surface area (Å²) >= 11 is 0. The molecule has 0 aliphatic heterocycles. The number of anilines is 1. The van der Waals surface area contributed by atoms with Crippen LogP contribution in [-0.4, -0.2) is 28.1 Å². The van der Waals surface area contributed by atoms with Crippen molar-refractivity contribution in [3.8, 4) is 0 Å². The smallest absolute Gasteiger partial charge is 0.139 e. The van der Waals surface area contributed by atoms with E-state index in [2.05, 4.69) is 4.36 Å². The molecule has 1 aromatic rings. The molecule has 1 aromatic carbocycles. The van der Waals surface area contributed by atoms with Crippen LogP contribution in [0.4, 0.5) is 5.69 Å². The lowest BCUT2D eigenvalue weighted by atomic mass is 10.3. The van der Waals surface area contributed by atoms with E-state index < -0.39 is 9.92 Å². The molecule has 0 aromatic heterocycles. The number of nitrogens with two attached hydrogens (primary N) is 1. The molecule has 0 heterocycles. The summed E-state index contributed by atoms with van der Waals surface area (Å²) in [5, 5.41) is 0. The molecule has 0 radical (unpaired) electrons. The highest BCUT2D eigenvalue weighted by Crippen LogP contribution is 2.19. The number of hydrogen-bond acceptors (Lipinski definition) is 3. The van der Waals surface area contributed by atoms with Crippen molar-refractivity contribution in [3.05, 3.63) is 24.3 Å². The lowest BCUT2D eigenvalue weighted by Gasteiger charge is -2.23. The number of nitrogens with zero attached hydrogens (tertiary/aromatic N) is 2. The van der Waals surface area contributed by atoms with Crippen LogP contribution in [0.2, 0.25) is 0 Å². The fourth-order valence-electron chi connectivity index (χ4n) is 1.70. The second-order valence-electron chi connectivity index (χ2n) is 3.63. The lowest BCUT2D eigenvalue weighted by molar-refractivity contribution is 0.481. The molecule has 5 heteroatoms. The summed E-state index contributed by atoms with van der Waals surface area (Å²) in [7, 11) is -2.47. The Morgan fingerprint density at radius 3 is 2.12 bits per heavy atom. The van der Waals surface area contributed by atoms with Gasteiger partial charge in [-0.05, 0) is 31.2 Å². The molecule has 0 bridgehead atoms. The standard InChI is InChI=1S/C12H21N3OS/c1-4-14-17(16,15(5-2)6-3)12-9-7-11(13)8-10-12/h7-10H,4-6,13H2,1-3H3. The highest BCUT2D eigenvalue weighted by Gasteiger charge is 2.18. The predicted molar refractivity (Wildman–Crippen MR) is 73.2 cm³/mol. The topological polar surface area (TPSA) is 58.7 Å². The number of rotatable bonds is 5. The minimum atomic E-state index is -2.47. The normalized spacial score (nSPS) is 14.6. The Morgan fingerprint density at radius 1 is 1.18 bits per heavy atom. The van der Waals surface area contributed by atoms with E-state index in [-0.39, 0.29) is 0 Å². The van der Waals surface area contributed by atoms with Gasteiger partial charge in [-0.25, -0.2) is 12.9 Å². The lowest BCUT2D eigenvalue weighted by Crippen LogP contribution is -2.30. The Hall–Kier alpha value is -1.07. The van der Waals surface area contributed by atoms with Gasteiger partial charge in [0.25, 0.3) is 0 Å². The summed E-state index contributed by atoms with van der Waals surface area (Å²) in [5.41, 5.74) is 6.32. The molecule has 96 valence electrons. The molecule has 0 spiro atoms. The summed E-state index contributed by atoms with van der Waals surface area (Å²) < 4.78 is 19.2. The van der Waals surface area contributed by atoms with E-state index in [1.807, 2.05) is 25.1 Å². The molecule has 4 nitrogen and oxygen atoms in total. The first-order valence-corrected chi connectivity index (χ1v) is 7.39. The molecule has 1 unspecified atom stereocenters. The first kappa shape index (κ1) is 14.0. The zero-order chi connectivity index (χ0) is 12.9. The monoisotopic (exact) mass is 255 g/mol. The van der Waals surface area contributed by atoms with Crippen molar-refractivity contribution in [2.45, 2.75) is 25.7 Å². The number of benzene rings is 1. The molecular weight excluding hydrogens is 234 g/mol. The van der Waals surface area contributed by atoms with E-state index in [1.54, 1.807) is 24.3 Å². The Balaban J connectivity index is 3.31. The van der Waals surface area contributed by atoms with Gasteiger partial charge < -0.3 is 5.73 Å². The SMILES string of the molecule is CCN=S(=O)(c1ccc(N)cc1)N(CC)CC. The highest BCUT2D eigenvalue weighted by molar-refractivity contribution is 7.91. The van der Waals surface area contributed by atoms with E-state index >= 15 is 0 Å². The molecule has 0 aliphatic rings. The van der Waals surface area contributed by atoms with E-state index in [4.69, 9.17) is 5.73 Å². The maximum atomic E-state index is 13.0. The van der Waals surface area contributed by atoms with Crippen LogP contribution in [0, 0.1) is 0 Å². The third kappa shape index (κ3) is 2.98. The van der Waals surface area contributed by atoms with Crippen LogP contribution in [0.5, 0.6) is 0 Å². The van der Waals surface area contributed by atoms with Crippen LogP contribution < -0.4 is 5.73 Å². The van der Waals surface area contributed by atoms with Gasteiger partial charge in [0.1, 0.15) is 9.92 Å². The van der Waals surface area contributed by atoms with Gasteiger partial charge in [0.2, 0.25) is 0 Å². The molecule has 0 saturated carbocycles. The summed E-state index contributed by atoms with van der Waals surface area (Å²) in [6.45, 7) is 7.85. The van der Waals surface area contributed by atoms with Crippen LogP contribution in [-0.2, 0) is 9.92 Å². The Bertz CT molecular complexity index is 457. The van der Waals surface area contributed by atoms with Gasteiger partial charge >= 0.3 is 0 Å². The number of nitrogen functional groups attached to an aromatic ring is 1. The highest BCUT2D eigenvalue weighted by atomic mass is 32.2. The van der Waals surface area contributed by atoms with Gasteiger partial charge in [0.05, 0.1) is 4.90 Å². The first-order valence-electron chi connectivity index (χ1n) is 5.92. The fraction of sp³-hybridized carbons (Fsp3) is 0.500. The molecule has 0 aliphatic carbocycles. The van der Waals surface area contributed by atoms with Crippen LogP contribution in [0.25, 0.3) is 0 Å². The molecule has 1 atom stereocenters. The summed E-state index contributed by atoms with van der Waals surface area (Å²) in [5.74, 6) is 0.